The third-order valence-electron chi connectivity index (χ3n) is 2.15. The van der Waals surface area contributed by atoms with E-state index < -0.39 is 17.9 Å². The molecule has 0 heterocycles. The molecule has 1 aromatic carbocycles. The molecule has 0 bridgehead atoms. The normalized spacial score (nSPS) is 10.8. The molecule has 0 fully saturated rings. The number of carboxylic acid groups (broad SMARTS) is 1. The molecule has 0 aromatic heterocycles. The summed E-state index contributed by atoms with van der Waals surface area (Å²) >= 11 is 0. The van der Waals surface area contributed by atoms with Crippen LogP contribution in [-0.2, 0) is 20.7 Å². The first kappa shape index (κ1) is 16.2. The first-order valence-electron chi connectivity index (χ1n) is 6.08. The molecule has 1 unspecified atom stereocenters. The van der Waals surface area contributed by atoms with Crippen LogP contribution < -0.4 is 0 Å². The Labute approximate surface area is 108 Å². The van der Waals surface area contributed by atoms with E-state index in [0.29, 0.717) is 0 Å². The van der Waals surface area contributed by atoms with Crippen LogP contribution in [0.2, 0.25) is 0 Å². The van der Waals surface area contributed by atoms with E-state index in [2.05, 4.69) is 0 Å². The molecule has 4 nitrogen and oxygen atoms in total. The zero-order valence-electron chi connectivity index (χ0n) is 11.1. The number of hydrogen-bond acceptors (Lipinski definition) is 3. The lowest BCUT2D eigenvalue weighted by Gasteiger charge is -2.10. The maximum absolute atomic E-state index is 11.4. The fraction of sp³-hybridized carbons (Fsp3) is 0.429. The van der Waals surface area contributed by atoms with Crippen molar-refractivity contribution in [1.82, 2.24) is 0 Å². The van der Waals surface area contributed by atoms with E-state index >= 15 is 0 Å². The number of ether oxygens (including phenoxy) is 1. The Balaban J connectivity index is 0.00000137. The highest BCUT2D eigenvalue weighted by molar-refractivity contribution is 5.94. The fourth-order valence-corrected chi connectivity index (χ4v) is 1.36. The summed E-state index contributed by atoms with van der Waals surface area (Å²) in [7, 11) is 0. The lowest BCUT2D eigenvalue weighted by Crippen LogP contribution is -2.27. The van der Waals surface area contributed by atoms with Crippen LogP contribution >= 0.6 is 0 Å². The highest BCUT2D eigenvalue weighted by atomic mass is 16.5. The van der Waals surface area contributed by atoms with Gasteiger partial charge < -0.3 is 9.84 Å². The van der Waals surface area contributed by atoms with E-state index in [1.807, 2.05) is 19.9 Å². The Hall–Kier alpha value is -1.84. The van der Waals surface area contributed by atoms with Gasteiger partial charge in [0.15, 0.2) is 5.92 Å². The molecule has 0 amide bonds. The van der Waals surface area contributed by atoms with Crippen LogP contribution in [-0.4, -0.2) is 23.7 Å². The number of aliphatic carboxylic acids is 1. The lowest BCUT2D eigenvalue weighted by atomic mass is 10.00. The summed E-state index contributed by atoms with van der Waals surface area (Å²) < 4.78 is 4.72. The predicted octanol–water partition coefficient (Wildman–Crippen LogP) is 2.52. The van der Waals surface area contributed by atoms with E-state index in [-0.39, 0.29) is 13.0 Å². The predicted molar refractivity (Wildman–Crippen MR) is 69.3 cm³/mol. The molecule has 1 rings (SSSR count). The molecule has 0 saturated heterocycles. The first-order chi connectivity index (χ1) is 8.65. The molecule has 1 aromatic rings. The summed E-state index contributed by atoms with van der Waals surface area (Å²) in [5, 5.41) is 8.93. The smallest absolute Gasteiger partial charge is 0.320 e. The number of benzene rings is 1. The minimum Gasteiger partial charge on any atom is -0.481 e. The molecule has 18 heavy (non-hydrogen) atoms. The Morgan fingerprint density at radius 3 is 2.22 bits per heavy atom. The fourth-order valence-electron chi connectivity index (χ4n) is 1.36. The molecular weight excluding hydrogens is 232 g/mol. The number of carbonyl (C=O) groups is 2. The van der Waals surface area contributed by atoms with Crippen molar-refractivity contribution in [3.8, 4) is 0 Å². The maximum atomic E-state index is 11.4. The molecule has 100 valence electrons. The van der Waals surface area contributed by atoms with E-state index in [9.17, 15) is 9.59 Å². The maximum Gasteiger partial charge on any atom is 0.320 e. The van der Waals surface area contributed by atoms with Crippen molar-refractivity contribution >= 4 is 11.9 Å². The van der Waals surface area contributed by atoms with Crippen molar-refractivity contribution < 1.29 is 19.4 Å². The molecular formula is C14H20O4. The van der Waals surface area contributed by atoms with Crippen LogP contribution in [0.25, 0.3) is 0 Å². The molecule has 4 heteroatoms. The third-order valence-corrected chi connectivity index (χ3v) is 2.15. The number of carboxylic acids is 1. The van der Waals surface area contributed by atoms with Crippen molar-refractivity contribution in [2.24, 2.45) is 5.92 Å². The van der Waals surface area contributed by atoms with E-state index in [4.69, 9.17) is 9.84 Å². The topological polar surface area (TPSA) is 63.6 Å². The number of hydrogen-bond donors (Lipinski definition) is 1. The van der Waals surface area contributed by atoms with Crippen LogP contribution in [0.5, 0.6) is 0 Å². The summed E-state index contributed by atoms with van der Waals surface area (Å²) in [4.78, 5) is 22.3. The summed E-state index contributed by atoms with van der Waals surface area (Å²) in [6.07, 6.45) is 0.162. The zero-order valence-corrected chi connectivity index (χ0v) is 11.1. The van der Waals surface area contributed by atoms with E-state index in [0.717, 1.165) is 5.56 Å². The molecule has 0 aliphatic rings. The average Bonchev–Trinajstić information content (AvgIpc) is 2.39. The van der Waals surface area contributed by atoms with Gasteiger partial charge in [0, 0.05) is 0 Å². The van der Waals surface area contributed by atoms with Gasteiger partial charge in [-0.2, -0.15) is 0 Å². The van der Waals surface area contributed by atoms with E-state index in [1.54, 1.807) is 31.2 Å². The van der Waals surface area contributed by atoms with Gasteiger partial charge in [-0.25, -0.2) is 0 Å². The Kier molecular flexibility index (Phi) is 8.27. The minimum atomic E-state index is -1.15. The molecule has 0 radical (unpaired) electrons. The molecule has 0 spiro atoms. The summed E-state index contributed by atoms with van der Waals surface area (Å²) in [5.41, 5.74) is 0.808. The van der Waals surface area contributed by atoms with Gasteiger partial charge in [0.1, 0.15) is 0 Å². The van der Waals surface area contributed by atoms with Gasteiger partial charge in [-0.3, -0.25) is 9.59 Å². The summed E-state index contributed by atoms with van der Waals surface area (Å²) in [6.45, 7) is 5.84. The van der Waals surface area contributed by atoms with Crippen molar-refractivity contribution in [3.63, 3.8) is 0 Å². The van der Waals surface area contributed by atoms with Crippen LogP contribution in [0.4, 0.5) is 0 Å². The Bertz CT molecular complexity index is 359. The van der Waals surface area contributed by atoms with Crippen LogP contribution in [0.1, 0.15) is 26.3 Å². The number of rotatable bonds is 5. The quantitative estimate of drug-likeness (QED) is 0.646. The van der Waals surface area contributed by atoms with Crippen LogP contribution in [0.15, 0.2) is 30.3 Å². The minimum absolute atomic E-state index is 0.162. The van der Waals surface area contributed by atoms with Crippen molar-refractivity contribution in [2.45, 2.75) is 27.2 Å². The molecule has 1 atom stereocenters. The Morgan fingerprint density at radius 2 is 1.78 bits per heavy atom. The van der Waals surface area contributed by atoms with Crippen molar-refractivity contribution in [2.75, 3.05) is 6.61 Å². The lowest BCUT2D eigenvalue weighted by molar-refractivity contribution is -0.158. The van der Waals surface area contributed by atoms with Gasteiger partial charge in [-0.1, -0.05) is 44.2 Å². The van der Waals surface area contributed by atoms with Crippen molar-refractivity contribution in [3.05, 3.63) is 35.9 Å². The monoisotopic (exact) mass is 252 g/mol. The SMILES string of the molecule is CC.CCOC(=O)C(Cc1ccccc1)C(=O)O. The second kappa shape index (κ2) is 9.22. The third kappa shape index (κ3) is 5.48. The molecule has 0 aliphatic heterocycles. The average molecular weight is 252 g/mol. The molecule has 1 N–H and O–H groups in total. The number of carbonyl (C=O) groups excluding carboxylic acids is 1. The van der Waals surface area contributed by atoms with E-state index in [1.165, 1.54) is 0 Å². The second-order valence-electron chi connectivity index (χ2n) is 3.33. The second-order valence-corrected chi connectivity index (χ2v) is 3.33. The standard InChI is InChI=1S/C12H14O4.C2H6/c1-2-16-12(15)10(11(13)14)8-9-6-4-3-5-7-9;1-2/h3-7,10H,2,8H2,1H3,(H,13,14);1-2H3. The number of esters is 1. The molecule has 0 aliphatic carbocycles. The van der Waals surface area contributed by atoms with Crippen LogP contribution in [0, 0.1) is 5.92 Å². The van der Waals surface area contributed by atoms with Gasteiger partial charge in [-0.15, -0.1) is 0 Å². The van der Waals surface area contributed by atoms with Gasteiger partial charge >= 0.3 is 11.9 Å². The Morgan fingerprint density at radius 1 is 1.22 bits per heavy atom. The highest BCUT2D eigenvalue weighted by Gasteiger charge is 2.27. The summed E-state index contributed by atoms with van der Waals surface area (Å²) in [6, 6.07) is 9.02. The summed E-state index contributed by atoms with van der Waals surface area (Å²) in [5.74, 6) is -2.96. The van der Waals surface area contributed by atoms with Crippen molar-refractivity contribution in [1.29, 1.82) is 0 Å². The first-order valence-corrected chi connectivity index (χ1v) is 6.08. The highest BCUT2D eigenvalue weighted by Crippen LogP contribution is 2.10. The largest absolute Gasteiger partial charge is 0.481 e. The van der Waals surface area contributed by atoms with Gasteiger partial charge in [-0.05, 0) is 18.9 Å². The van der Waals surface area contributed by atoms with Gasteiger partial charge in [0.25, 0.3) is 0 Å². The van der Waals surface area contributed by atoms with Crippen LogP contribution in [0.3, 0.4) is 0 Å². The zero-order chi connectivity index (χ0) is 14.0. The molecule has 0 saturated carbocycles. The van der Waals surface area contributed by atoms with Gasteiger partial charge in [0.2, 0.25) is 0 Å². The van der Waals surface area contributed by atoms with Gasteiger partial charge in [0.05, 0.1) is 6.61 Å².